The predicted molar refractivity (Wildman–Crippen MR) is 76.6 cm³/mol. The highest BCUT2D eigenvalue weighted by Gasteiger charge is 2.09. The lowest BCUT2D eigenvalue weighted by Gasteiger charge is -2.09. The molecule has 0 aliphatic heterocycles. The first-order valence-corrected chi connectivity index (χ1v) is 6.76. The van der Waals surface area contributed by atoms with Crippen LogP contribution < -0.4 is 4.74 Å². The van der Waals surface area contributed by atoms with Gasteiger partial charge in [-0.25, -0.2) is 0 Å². The smallest absolute Gasteiger partial charge is 0.163 e. The standard InChI is InChI=1S/C14H15BrN2O2/c1-10(18)13-4-3-12(15)7-14(13)19-6-5-11-8-16-17(2)9-11/h3-4,7-9H,5-6H2,1-2H3. The van der Waals surface area contributed by atoms with E-state index in [0.717, 1.165) is 16.5 Å². The summed E-state index contributed by atoms with van der Waals surface area (Å²) in [5, 5.41) is 4.10. The SMILES string of the molecule is CC(=O)c1ccc(Br)cc1OCCc1cnn(C)c1. The first kappa shape index (κ1) is 13.8. The van der Waals surface area contributed by atoms with Crippen molar-refractivity contribution >= 4 is 21.7 Å². The minimum atomic E-state index is 0.00359. The Kier molecular flexibility index (Phi) is 4.37. The highest BCUT2D eigenvalue weighted by Crippen LogP contribution is 2.24. The molecule has 0 bridgehead atoms. The average Bonchev–Trinajstić information content (AvgIpc) is 2.75. The van der Waals surface area contributed by atoms with Crippen LogP contribution in [0.3, 0.4) is 0 Å². The van der Waals surface area contributed by atoms with E-state index in [9.17, 15) is 4.79 Å². The van der Waals surface area contributed by atoms with Crippen LogP contribution >= 0.6 is 15.9 Å². The Hall–Kier alpha value is -1.62. The molecular weight excluding hydrogens is 308 g/mol. The Labute approximate surface area is 120 Å². The van der Waals surface area contributed by atoms with E-state index in [2.05, 4.69) is 21.0 Å². The number of carbonyl (C=O) groups excluding carboxylic acids is 1. The number of hydrogen-bond acceptors (Lipinski definition) is 3. The van der Waals surface area contributed by atoms with Crippen molar-refractivity contribution in [3.63, 3.8) is 0 Å². The van der Waals surface area contributed by atoms with Crippen LogP contribution in [0.2, 0.25) is 0 Å². The number of Topliss-reactive ketones (excluding diaryl/α,β-unsaturated/α-hetero) is 1. The summed E-state index contributed by atoms with van der Waals surface area (Å²) >= 11 is 3.38. The summed E-state index contributed by atoms with van der Waals surface area (Å²) in [5.41, 5.74) is 1.72. The third kappa shape index (κ3) is 3.67. The molecule has 0 saturated heterocycles. The van der Waals surface area contributed by atoms with Crippen LogP contribution in [0.4, 0.5) is 0 Å². The largest absolute Gasteiger partial charge is 0.492 e. The Morgan fingerprint density at radius 3 is 2.89 bits per heavy atom. The maximum Gasteiger partial charge on any atom is 0.163 e. The van der Waals surface area contributed by atoms with Crippen molar-refractivity contribution < 1.29 is 9.53 Å². The molecule has 0 radical (unpaired) electrons. The lowest BCUT2D eigenvalue weighted by atomic mass is 10.1. The summed E-state index contributed by atoms with van der Waals surface area (Å²) in [7, 11) is 1.88. The third-order valence-electron chi connectivity index (χ3n) is 2.73. The van der Waals surface area contributed by atoms with E-state index in [4.69, 9.17) is 4.74 Å². The second-order valence-electron chi connectivity index (χ2n) is 4.32. The van der Waals surface area contributed by atoms with Crippen molar-refractivity contribution in [1.29, 1.82) is 0 Å². The van der Waals surface area contributed by atoms with Gasteiger partial charge in [0.1, 0.15) is 5.75 Å². The highest BCUT2D eigenvalue weighted by molar-refractivity contribution is 9.10. The number of nitrogens with zero attached hydrogens (tertiary/aromatic N) is 2. The van der Waals surface area contributed by atoms with Crippen LogP contribution in [0.25, 0.3) is 0 Å². The van der Waals surface area contributed by atoms with Crippen LogP contribution in [-0.2, 0) is 13.5 Å². The average molecular weight is 323 g/mol. The van der Waals surface area contributed by atoms with E-state index in [0.29, 0.717) is 17.9 Å². The van der Waals surface area contributed by atoms with Crippen molar-refractivity contribution in [2.45, 2.75) is 13.3 Å². The van der Waals surface area contributed by atoms with Gasteiger partial charge in [-0.05, 0) is 30.7 Å². The van der Waals surface area contributed by atoms with E-state index in [1.54, 1.807) is 10.7 Å². The molecule has 0 atom stereocenters. The molecule has 0 amide bonds. The van der Waals surface area contributed by atoms with Crippen molar-refractivity contribution in [1.82, 2.24) is 9.78 Å². The quantitative estimate of drug-likeness (QED) is 0.795. The molecule has 0 unspecified atom stereocenters. The second kappa shape index (κ2) is 6.02. The van der Waals surface area contributed by atoms with Gasteiger partial charge in [0.25, 0.3) is 0 Å². The molecule has 4 nitrogen and oxygen atoms in total. The fraction of sp³-hybridized carbons (Fsp3) is 0.286. The van der Waals surface area contributed by atoms with Crippen molar-refractivity contribution in [3.05, 3.63) is 46.2 Å². The van der Waals surface area contributed by atoms with Crippen molar-refractivity contribution in [3.8, 4) is 5.75 Å². The number of aryl methyl sites for hydroxylation is 1. The van der Waals surface area contributed by atoms with Crippen LogP contribution in [-0.4, -0.2) is 22.2 Å². The van der Waals surface area contributed by atoms with Gasteiger partial charge < -0.3 is 4.74 Å². The second-order valence-corrected chi connectivity index (χ2v) is 5.23. The Balaban J connectivity index is 2.02. The van der Waals surface area contributed by atoms with Gasteiger partial charge in [0.05, 0.1) is 18.4 Å². The number of ketones is 1. The van der Waals surface area contributed by atoms with Crippen LogP contribution in [0, 0.1) is 0 Å². The number of carbonyl (C=O) groups is 1. The summed E-state index contributed by atoms with van der Waals surface area (Å²) in [6.07, 6.45) is 4.53. The number of benzene rings is 1. The molecule has 100 valence electrons. The maximum atomic E-state index is 11.5. The van der Waals surface area contributed by atoms with Gasteiger partial charge in [-0.3, -0.25) is 9.48 Å². The topological polar surface area (TPSA) is 44.1 Å². The van der Waals surface area contributed by atoms with E-state index < -0.39 is 0 Å². The summed E-state index contributed by atoms with van der Waals surface area (Å²) in [4.78, 5) is 11.5. The molecule has 0 fully saturated rings. The number of aromatic nitrogens is 2. The first-order valence-electron chi connectivity index (χ1n) is 5.97. The number of hydrogen-bond donors (Lipinski definition) is 0. The van der Waals surface area contributed by atoms with Gasteiger partial charge >= 0.3 is 0 Å². The maximum absolute atomic E-state index is 11.5. The van der Waals surface area contributed by atoms with Gasteiger partial charge in [-0.2, -0.15) is 5.10 Å². The molecule has 0 spiro atoms. The molecule has 1 aromatic heterocycles. The summed E-state index contributed by atoms with van der Waals surface area (Å²) in [6, 6.07) is 5.43. The van der Waals surface area contributed by atoms with E-state index in [-0.39, 0.29) is 5.78 Å². The Morgan fingerprint density at radius 2 is 2.26 bits per heavy atom. The molecule has 2 aromatic rings. The molecule has 1 aromatic carbocycles. The summed E-state index contributed by atoms with van der Waals surface area (Å²) in [5.74, 6) is 0.620. The highest BCUT2D eigenvalue weighted by atomic mass is 79.9. The lowest BCUT2D eigenvalue weighted by Crippen LogP contribution is -2.05. The molecular formula is C14H15BrN2O2. The van der Waals surface area contributed by atoms with Crippen LogP contribution in [0.15, 0.2) is 35.1 Å². The van der Waals surface area contributed by atoms with Gasteiger partial charge in [-0.15, -0.1) is 0 Å². The van der Waals surface area contributed by atoms with E-state index in [1.165, 1.54) is 6.92 Å². The summed E-state index contributed by atoms with van der Waals surface area (Å²) in [6.45, 7) is 2.06. The van der Waals surface area contributed by atoms with Gasteiger partial charge in [0, 0.05) is 24.1 Å². The van der Waals surface area contributed by atoms with Crippen molar-refractivity contribution in [2.75, 3.05) is 6.61 Å². The first-order chi connectivity index (χ1) is 9.06. The van der Waals surface area contributed by atoms with Gasteiger partial charge in [-0.1, -0.05) is 15.9 Å². The lowest BCUT2D eigenvalue weighted by molar-refractivity contribution is 0.101. The van der Waals surface area contributed by atoms with Gasteiger partial charge in [0.2, 0.25) is 0 Å². The normalized spacial score (nSPS) is 10.5. The zero-order valence-corrected chi connectivity index (χ0v) is 12.5. The molecule has 19 heavy (non-hydrogen) atoms. The Morgan fingerprint density at radius 1 is 1.47 bits per heavy atom. The van der Waals surface area contributed by atoms with Gasteiger partial charge in [0.15, 0.2) is 5.78 Å². The fourth-order valence-electron chi connectivity index (χ4n) is 1.79. The molecule has 5 heteroatoms. The molecule has 1 heterocycles. The van der Waals surface area contributed by atoms with E-state index >= 15 is 0 Å². The Bertz CT molecular complexity index is 593. The predicted octanol–water partition coefficient (Wildman–Crippen LogP) is 3.01. The molecule has 0 aliphatic rings. The van der Waals surface area contributed by atoms with E-state index in [1.807, 2.05) is 31.6 Å². The summed E-state index contributed by atoms with van der Waals surface area (Å²) < 4.78 is 8.36. The number of ether oxygens (including phenoxy) is 1. The zero-order valence-electron chi connectivity index (χ0n) is 10.9. The minimum absolute atomic E-state index is 0.00359. The minimum Gasteiger partial charge on any atom is -0.492 e. The zero-order chi connectivity index (χ0) is 13.8. The molecule has 2 rings (SSSR count). The number of halogens is 1. The molecule has 0 aliphatic carbocycles. The van der Waals surface area contributed by atoms with Crippen molar-refractivity contribution in [2.24, 2.45) is 7.05 Å². The monoisotopic (exact) mass is 322 g/mol. The molecule has 0 saturated carbocycles. The fourth-order valence-corrected chi connectivity index (χ4v) is 2.13. The molecule has 0 N–H and O–H groups in total. The number of rotatable bonds is 5. The van der Waals surface area contributed by atoms with Crippen LogP contribution in [0.1, 0.15) is 22.8 Å². The van der Waals surface area contributed by atoms with Crippen LogP contribution in [0.5, 0.6) is 5.75 Å². The third-order valence-corrected chi connectivity index (χ3v) is 3.22.